The lowest BCUT2D eigenvalue weighted by atomic mass is 9.90. The van der Waals surface area contributed by atoms with Gasteiger partial charge in [-0.05, 0) is 69.6 Å². The molecule has 4 aromatic heterocycles. The molecule has 0 saturated carbocycles. The fourth-order valence-corrected chi connectivity index (χ4v) is 10.7. The largest absolute Gasteiger partial charge is 0.245 e. The van der Waals surface area contributed by atoms with Crippen LogP contribution in [0.5, 0.6) is 0 Å². The fourth-order valence-electron chi connectivity index (χ4n) is 10.7. The van der Waals surface area contributed by atoms with E-state index >= 15 is 0 Å². The first kappa shape index (κ1) is 47.9. The van der Waals surface area contributed by atoms with Gasteiger partial charge in [-0.2, -0.15) is 5.26 Å². The molecule has 13 rings (SSSR count). The lowest BCUT2D eigenvalue weighted by Gasteiger charge is -2.17. The third kappa shape index (κ3) is 9.01. The van der Waals surface area contributed by atoms with Crippen LogP contribution in [0.15, 0.2) is 267 Å². The average molecular weight is 1010 g/mol. The number of hydrogen-bond donors (Lipinski definition) is 0. The van der Waals surface area contributed by atoms with Gasteiger partial charge >= 0.3 is 0 Å². The molecular weight excluding hydrogens is 961 g/mol. The zero-order valence-electron chi connectivity index (χ0n) is 43.2. The number of aromatic nitrogens is 5. The first-order valence-electron chi connectivity index (χ1n) is 26.4. The summed E-state index contributed by atoms with van der Waals surface area (Å²) < 4.78 is 0. The summed E-state index contributed by atoms with van der Waals surface area (Å²) in [6.45, 7) is 6.43. The predicted octanol–water partition coefficient (Wildman–Crippen LogP) is 18.6. The van der Waals surface area contributed by atoms with E-state index in [4.69, 9.17) is 24.9 Å². The monoisotopic (exact) mass is 1010 g/mol. The molecule has 0 aliphatic carbocycles. The van der Waals surface area contributed by atoms with Gasteiger partial charge in [-0.3, -0.25) is 0 Å². The van der Waals surface area contributed by atoms with Crippen LogP contribution in [0, 0.1) is 11.3 Å². The molecule has 0 amide bonds. The molecule has 0 fully saturated rings. The minimum Gasteiger partial charge on any atom is -0.245 e. The van der Waals surface area contributed by atoms with Crippen LogP contribution in [0.2, 0.25) is 0 Å². The summed E-state index contributed by atoms with van der Waals surface area (Å²) in [5.74, 6) is 0.614. The molecule has 0 aliphatic rings. The highest BCUT2D eigenvalue weighted by atomic mass is 14.9. The first-order valence-corrected chi connectivity index (χ1v) is 26.4. The van der Waals surface area contributed by atoms with Gasteiger partial charge in [0.2, 0.25) is 0 Å². The number of rotatable bonds is 11. The molecule has 4 heterocycles. The van der Waals surface area contributed by atoms with Crippen molar-refractivity contribution in [3.63, 3.8) is 0 Å². The first-order chi connectivity index (χ1) is 39.0. The van der Waals surface area contributed by atoms with Crippen molar-refractivity contribution in [3.8, 4) is 95.7 Å². The quantitative estimate of drug-likeness (QED) is 0.0947. The van der Waals surface area contributed by atoms with Crippen molar-refractivity contribution in [1.82, 2.24) is 24.9 Å². The Labute approximate surface area is 458 Å². The molecule has 6 nitrogen and oxygen atoms in total. The van der Waals surface area contributed by atoms with Crippen LogP contribution in [0.4, 0.5) is 0 Å². The summed E-state index contributed by atoms with van der Waals surface area (Å²) in [7, 11) is 0. The standard InChI is InChI=1S/C73H48N6/c1-3-4-10-21-47(2)64-44-61(50-22-11-5-12-23-50)58-41-43-60-67(78-73(56-30-19-9-20-31-56)79-72(60)70(58)75-64)55-38-34-49(35-39-55)48-32-36-53(37-33-48)66-59-42-40-57-62(51-24-13-6-14-25-51)45-65(52-26-15-7-16-27-52)76-69(57)71(59)77-68(63(66)46-74)54-28-17-8-18-29-54/h3-45H,2H2,1H3/b4-3-,21-10-. The van der Waals surface area contributed by atoms with Crippen LogP contribution >= 0.6 is 0 Å². The lowest BCUT2D eigenvalue weighted by molar-refractivity contribution is 1.23. The van der Waals surface area contributed by atoms with Crippen molar-refractivity contribution in [1.29, 1.82) is 5.26 Å². The van der Waals surface area contributed by atoms with Gasteiger partial charge in [0.1, 0.15) is 11.6 Å². The molecule has 9 aromatic carbocycles. The Balaban J connectivity index is 0.939. The number of allylic oxidation sites excluding steroid dienone is 5. The Kier molecular flexibility index (Phi) is 12.6. The number of nitrogens with zero attached hydrogens (tertiary/aromatic N) is 6. The van der Waals surface area contributed by atoms with Crippen LogP contribution in [0.1, 0.15) is 18.2 Å². The molecule has 370 valence electrons. The van der Waals surface area contributed by atoms with Gasteiger partial charge in [-0.1, -0.05) is 249 Å². The summed E-state index contributed by atoms with van der Waals surface area (Å²) in [4.78, 5) is 26.7. The van der Waals surface area contributed by atoms with Crippen LogP contribution in [-0.4, -0.2) is 24.9 Å². The SMILES string of the molecule is C=C(/C=C\C=C/C)c1cc(-c2ccccc2)c2ccc3c(-c4ccc(-c5ccc(-c6c(C#N)c(-c7ccccc7)nc7c6ccc6c(-c8ccccc8)cc(-c8ccccc8)nc67)cc5)cc4)nc(-c4ccccc4)nc3c2n1. The number of pyridine rings is 3. The van der Waals surface area contributed by atoms with Gasteiger partial charge in [0.05, 0.1) is 44.9 Å². The molecule has 0 N–H and O–H groups in total. The Morgan fingerprint density at radius 3 is 1.43 bits per heavy atom. The second-order valence-corrected chi connectivity index (χ2v) is 19.4. The maximum Gasteiger partial charge on any atom is 0.160 e. The smallest absolute Gasteiger partial charge is 0.160 e. The van der Waals surface area contributed by atoms with E-state index in [1.807, 2.05) is 122 Å². The van der Waals surface area contributed by atoms with Crippen molar-refractivity contribution in [3.05, 3.63) is 279 Å². The van der Waals surface area contributed by atoms with Gasteiger partial charge in [0.25, 0.3) is 0 Å². The van der Waals surface area contributed by atoms with E-state index in [1.165, 1.54) is 0 Å². The molecular formula is C73H48N6. The van der Waals surface area contributed by atoms with E-state index in [9.17, 15) is 5.26 Å². The minimum atomic E-state index is 0.506. The number of fused-ring (bicyclic) bond motifs is 6. The third-order valence-electron chi connectivity index (χ3n) is 14.6. The van der Waals surface area contributed by atoms with Crippen LogP contribution in [0.3, 0.4) is 0 Å². The number of hydrogen-bond acceptors (Lipinski definition) is 6. The molecule has 0 bridgehead atoms. The van der Waals surface area contributed by atoms with Crippen molar-refractivity contribution < 1.29 is 0 Å². The fraction of sp³-hybridized carbons (Fsp3) is 0.0137. The summed E-state index contributed by atoms with van der Waals surface area (Å²) in [6, 6.07) is 83.7. The Morgan fingerprint density at radius 1 is 0.392 bits per heavy atom. The Bertz CT molecular complexity index is 4570. The normalized spacial score (nSPS) is 11.5. The van der Waals surface area contributed by atoms with Gasteiger partial charge in [-0.25, -0.2) is 24.9 Å². The zero-order chi connectivity index (χ0) is 53.2. The lowest BCUT2D eigenvalue weighted by Crippen LogP contribution is -1.99. The second-order valence-electron chi connectivity index (χ2n) is 19.4. The second kappa shape index (κ2) is 20.8. The van der Waals surface area contributed by atoms with Crippen molar-refractivity contribution in [2.45, 2.75) is 6.92 Å². The molecule has 6 heteroatoms. The number of nitriles is 1. The third-order valence-corrected chi connectivity index (χ3v) is 14.6. The highest BCUT2D eigenvalue weighted by Crippen LogP contribution is 2.43. The van der Waals surface area contributed by atoms with Gasteiger partial charge < -0.3 is 0 Å². The Morgan fingerprint density at radius 2 is 0.848 bits per heavy atom. The highest BCUT2D eigenvalue weighted by molar-refractivity contribution is 6.15. The van der Waals surface area contributed by atoms with E-state index in [1.54, 1.807) is 0 Å². The van der Waals surface area contributed by atoms with Crippen molar-refractivity contribution >= 4 is 49.2 Å². The maximum absolute atomic E-state index is 11.1. The predicted molar refractivity (Wildman–Crippen MR) is 327 cm³/mol. The van der Waals surface area contributed by atoms with Crippen molar-refractivity contribution in [2.24, 2.45) is 0 Å². The van der Waals surface area contributed by atoms with Gasteiger partial charge in [0, 0.05) is 49.4 Å². The van der Waals surface area contributed by atoms with Crippen molar-refractivity contribution in [2.75, 3.05) is 0 Å². The van der Waals surface area contributed by atoms with Crippen LogP contribution in [0.25, 0.3) is 139 Å². The molecule has 79 heavy (non-hydrogen) atoms. The molecule has 13 aromatic rings. The van der Waals surface area contributed by atoms with E-state index in [0.29, 0.717) is 17.1 Å². The van der Waals surface area contributed by atoms with Gasteiger partial charge in [0.15, 0.2) is 5.82 Å². The summed E-state index contributed by atoms with van der Waals surface area (Å²) in [5, 5.41) is 14.9. The maximum atomic E-state index is 11.1. The topological polar surface area (TPSA) is 88.2 Å². The summed E-state index contributed by atoms with van der Waals surface area (Å²) in [5.41, 5.74) is 19.2. The van der Waals surface area contributed by atoms with Crippen LogP contribution < -0.4 is 0 Å². The molecule has 0 saturated heterocycles. The number of benzene rings is 9. The summed E-state index contributed by atoms with van der Waals surface area (Å²) >= 11 is 0. The Hall–Kier alpha value is -10.7. The molecule has 0 radical (unpaired) electrons. The molecule has 0 atom stereocenters. The highest BCUT2D eigenvalue weighted by Gasteiger charge is 2.23. The van der Waals surface area contributed by atoms with E-state index < -0.39 is 0 Å². The summed E-state index contributed by atoms with van der Waals surface area (Å²) in [6.07, 6.45) is 7.96. The van der Waals surface area contributed by atoms with E-state index in [2.05, 4.69) is 158 Å². The molecule has 0 spiro atoms. The van der Waals surface area contributed by atoms with Gasteiger partial charge in [-0.15, -0.1) is 0 Å². The molecule has 0 aliphatic heterocycles. The van der Waals surface area contributed by atoms with E-state index in [-0.39, 0.29) is 0 Å². The van der Waals surface area contributed by atoms with E-state index in [0.717, 1.165) is 133 Å². The van der Waals surface area contributed by atoms with Crippen LogP contribution in [-0.2, 0) is 0 Å². The zero-order valence-corrected chi connectivity index (χ0v) is 43.2. The average Bonchev–Trinajstić information content (AvgIpc) is 3.61. The molecule has 0 unspecified atom stereocenters. The minimum absolute atomic E-state index is 0.506.